The second-order valence-electron chi connectivity index (χ2n) is 4.14. The van der Waals surface area contributed by atoms with Gasteiger partial charge in [-0.15, -0.1) is 6.58 Å². The Balaban J connectivity index is 2.65. The van der Waals surface area contributed by atoms with Crippen LogP contribution in [0, 0.1) is 0 Å². The smallest absolute Gasteiger partial charge is 0.317 e. The SMILES string of the molecule is C=CCN(CC(=O)O)CC(=O)N(C)c1ccccc1. The van der Waals surface area contributed by atoms with Crippen LogP contribution in [0.5, 0.6) is 0 Å². The van der Waals surface area contributed by atoms with Crippen LogP contribution in [-0.4, -0.2) is 48.6 Å². The molecule has 0 fully saturated rings. The van der Waals surface area contributed by atoms with E-state index in [1.165, 1.54) is 9.80 Å². The van der Waals surface area contributed by atoms with Crippen molar-refractivity contribution < 1.29 is 14.7 Å². The molecule has 0 bridgehead atoms. The first-order chi connectivity index (χ1) is 9.04. The number of aliphatic carboxylic acids is 1. The van der Waals surface area contributed by atoms with E-state index in [-0.39, 0.29) is 19.0 Å². The zero-order valence-electron chi connectivity index (χ0n) is 11.0. The second-order valence-corrected chi connectivity index (χ2v) is 4.14. The number of carboxylic acids is 1. The number of benzene rings is 1. The maximum atomic E-state index is 12.1. The molecular weight excluding hydrogens is 244 g/mol. The van der Waals surface area contributed by atoms with Gasteiger partial charge in [0.1, 0.15) is 0 Å². The van der Waals surface area contributed by atoms with E-state index in [2.05, 4.69) is 6.58 Å². The molecule has 5 heteroatoms. The third-order valence-corrected chi connectivity index (χ3v) is 2.62. The minimum absolute atomic E-state index is 0.0454. The molecule has 0 aliphatic rings. The van der Waals surface area contributed by atoms with Gasteiger partial charge in [0, 0.05) is 19.3 Å². The topological polar surface area (TPSA) is 60.9 Å². The zero-order valence-corrected chi connectivity index (χ0v) is 11.0. The lowest BCUT2D eigenvalue weighted by Crippen LogP contribution is -2.40. The monoisotopic (exact) mass is 262 g/mol. The summed E-state index contributed by atoms with van der Waals surface area (Å²) in [5.74, 6) is -1.12. The van der Waals surface area contributed by atoms with Gasteiger partial charge in [0.05, 0.1) is 13.1 Å². The van der Waals surface area contributed by atoms with E-state index in [0.29, 0.717) is 6.54 Å². The highest BCUT2D eigenvalue weighted by molar-refractivity contribution is 5.94. The summed E-state index contributed by atoms with van der Waals surface area (Å²) in [4.78, 5) is 25.8. The number of carboxylic acid groups (broad SMARTS) is 1. The first-order valence-corrected chi connectivity index (χ1v) is 5.91. The van der Waals surface area contributed by atoms with E-state index in [1.54, 1.807) is 13.1 Å². The summed E-state index contributed by atoms with van der Waals surface area (Å²) in [7, 11) is 1.67. The first kappa shape index (κ1) is 14.9. The van der Waals surface area contributed by atoms with Gasteiger partial charge in [-0.05, 0) is 12.1 Å². The van der Waals surface area contributed by atoms with Gasteiger partial charge in [-0.2, -0.15) is 0 Å². The summed E-state index contributed by atoms with van der Waals surface area (Å²) in [6, 6.07) is 9.21. The number of hydrogen-bond acceptors (Lipinski definition) is 3. The standard InChI is InChI=1S/C14H18N2O3/c1-3-9-16(11-14(18)19)10-13(17)15(2)12-7-5-4-6-8-12/h3-8H,1,9-11H2,2H3,(H,18,19). The van der Waals surface area contributed by atoms with Crippen LogP contribution in [0.4, 0.5) is 5.69 Å². The molecular formula is C14H18N2O3. The number of likely N-dealkylation sites (N-methyl/N-ethyl adjacent to an activating group) is 1. The third-order valence-electron chi connectivity index (χ3n) is 2.62. The first-order valence-electron chi connectivity index (χ1n) is 5.91. The van der Waals surface area contributed by atoms with Crippen molar-refractivity contribution in [1.29, 1.82) is 0 Å². The van der Waals surface area contributed by atoms with Crippen LogP contribution < -0.4 is 4.90 Å². The maximum Gasteiger partial charge on any atom is 0.317 e. The van der Waals surface area contributed by atoms with Gasteiger partial charge in [0.15, 0.2) is 0 Å². The largest absolute Gasteiger partial charge is 0.480 e. The fourth-order valence-corrected chi connectivity index (χ4v) is 1.65. The highest BCUT2D eigenvalue weighted by Crippen LogP contribution is 2.11. The average molecular weight is 262 g/mol. The molecule has 0 aliphatic carbocycles. The van der Waals surface area contributed by atoms with E-state index in [0.717, 1.165) is 5.69 Å². The number of anilines is 1. The lowest BCUT2D eigenvalue weighted by molar-refractivity contribution is -0.138. The summed E-state index contributed by atoms with van der Waals surface area (Å²) >= 11 is 0. The predicted molar refractivity (Wildman–Crippen MR) is 74.1 cm³/mol. The van der Waals surface area contributed by atoms with Gasteiger partial charge in [-0.1, -0.05) is 24.3 Å². The Morgan fingerprint density at radius 2 is 1.89 bits per heavy atom. The van der Waals surface area contributed by atoms with E-state index in [4.69, 9.17) is 5.11 Å². The van der Waals surface area contributed by atoms with Crippen LogP contribution in [0.15, 0.2) is 43.0 Å². The Kier molecular flexibility index (Phi) is 5.75. The molecule has 1 N–H and O–H groups in total. The molecule has 0 atom stereocenters. The summed E-state index contributed by atoms with van der Waals surface area (Å²) in [5.41, 5.74) is 0.779. The number of hydrogen-bond donors (Lipinski definition) is 1. The fourth-order valence-electron chi connectivity index (χ4n) is 1.65. The van der Waals surface area contributed by atoms with Crippen molar-refractivity contribution in [3.8, 4) is 0 Å². The van der Waals surface area contributed by atoms with Crippen molar-refractivity contribution in [2.24, 2.45) is 0 Å². The third kappa shape index (κ3) is 4.93. The molecule has 1 amide bonds. The average Bonchev–Trinajstić information content (AvgIpc) is 2.38. The lowest BCUT2D eigenvalue weighted by Gasteiger charge is -2.22. The second kappa shape index (κ2) is 7.33. The molecule has 19 heavy (non-hydrogen) atoms. The van der Waals surface area contributed by atoms with Crippen molar-refractivity contribution >= 4 is 17.6 Å². The molecule has 0 heterocycles. The number of carbonyl (C=O) groups excluding carboxylic acids is 1. The molecule has 0 aliphatic heterocycles. The highest BCUT2D eigenvalue weighted by atomic mass is 16.4. The molecule has 0 spiro atoms. The fraction of sp³-hybridized carbons (Fsp3) is 0.286. The van der Waals surface area contributed by atoms with Gasteiger partial charge in [0.25, 0.3) is 0 Å². The number of amides is 1. The Morgan fingerprint density at radius 3 is 2.42 bits per heavy atom. The molecule has 1 aromatic rings. The van der Waals surface area contributed by atoms with Crippen LogP contribution in [0.1, 0.15) is 0 Å². The molecule has 0 aromatic heterocycles. The summed E-state index contributed by atoms with van der Waals surface area (Å²) in [6.45, 7) is 3.79. The minimum Gasteiger partial charge on any atom is -0.480 e. The van der Waals surface area contributed by atoms with Crippen molar-refractivity contribution in [1.82, 2.24) is 4.90 Å². The Labute approximate surface area is 112 Å². The molecule has 1 aromatic carbocycles. The van der Waals surface area contributed by atoms with E-state index in [1.807, 2.05) is 30.3 Å². The zero-order chi connectivity index (χ0) is 14.3. The highest BCUT2D eigenvalue weighted by Gasteiger charge is 2.16. The molecule has 0 saturated heterocycles. The van der Waals surface area contributed by atoms with Crippen molar-refractivity contribution in [2.45, 2.75) is 0 Å². The van der Waals surface area contributed by atoms with Crippen molar-refractivity contribution in [2.75, 3.05) is 31.6 Å². The van der Waals surface area contributed by atoms with Gasteiger partial charge < -0.3 is 10.0 Å². The molecule has 5 nitrogen and oxygen atoms in total. The van der Waals surface area contributed by atoms with Gasteiger partial charge in [-0.3, -0.25) is 14.5 Å². The summed E-state index contributed by atoms with van der Waals surface area (Å²) < 4.78 is 0. The van der Waals surface area contributed by atoms with E-state index < -0.39 is 5.97 Å². The molecule has 102 valence electrons. The summed E-state index contributed by atoms with van der Waals surface area (Å²) in [5, 5.41) is 8.78. The number of nitrogens with zero attached hydrogens (tertiary/aromatic N) is 2. The lowest BCUT2D eigenvalue weighted by atomic mass is 10.3. The molecule has 0 unspecified atom stereocenters. The van der Waals surface area contributed by atoms with Crippen molar-refractivity contribution in [3.05, 3.63) is 43.0 Å². The molecule has 1 rings (SSSR count). The summed E-state index contributed by atoms with van der Waals surface area (Å²) in [6.07, 6.45) is 1.58. The molecule has 0 radical (unpaired) electrons. The Morgan fingerprint density at radius 1 is 1.26 bits per heavy atom. The number of rotatable bonds is 7. The van der Waals surface area contributed by atoms with E-state index >= 15 is 0 Å². The van der Waals surface area contributed by atoms with Crippen LogP contribution in [0.3, 0.4) is 0 Å². The van der Waals surface area contributed by atoms with Crippen LogP contribution in [-0.2, 0) is 9.59 Å². The quantitative estimate of drug-likeness (QED) is 0.751. The molecule has 0 saturated carbocycles. The van der Waals surface area contributed by atoms with Crippen LogP contribution in [0.2, 0.25) is 0 Å². The normalized spacial score (nSPS) is 10.2. The maximum absolute atomic E-state index is 12.1. The Bertz CT molecular complexity index is 445. The number of para-hydroxylation sites is 1. The Hall–Kier alpha value is -2.14. The van der Waals surface area contributed by atoms with E-state index in [9.17, 15) is 9.59 Å². The van der Waals surface area contributed by atoms with Crippen LogP contribution in [0.25, 0.3) is 0 Å². The van der Waals surface area contributed by atoms with Gasteiger partial charge in [-0.25, -0.2) is 0 Å². The minimum atomic E-state index is -0.961. The van der Waals surface area contributed by atoms with Crippen LogP contribution >= 0.6 is 0 Å². The predicted octanol–water partition coefficient (Wildman–Crippen LogP) is 1.22. The number of carbonyl (C=O) groups is 2. The van der Waals surface area contributed by atoms with Gasteiger partial charge >= 0.3 is 5.97 Å². The van der Waals surface area contributed by atoms with Crippen molar-refractivity contribution in [3.63, 3.8) is 0 Å². The van der Waals surface area contributed by atoms with Gasteiger partial charge in [0.2, 0.25) is 5.91 Å².